The predicted molar refractivity (Wildman–Crippen MR) is 67.2 cm³/mol. The van der Waals surface area contributed by atoms with E-state index >= 15 is 0 Å². The van der Waals surface area contributed by atoms with Crippen LogP contribution in [-0.2, 0) is 0 Å². The van der Waals surface area contributed by atoms with Crippen molar-refractivity contribution in [3.63, 3.8) is 0 Å². The molecule has 3 heteroatoms. The highest BCUT2D eigenvalue weighted by atomic mass is 19.1. The topological polar surface area (TPSA) is 44.0 Å². The Morgan fingerprint density at radius 1 is 1.00 bits per heavy atom. The fourth-order valence-electron chi connectivity index (χ4n) is 1.67. The Labute approximate surface area is 104 Å². The minimum atomic E-state index is -0.319. The maximum absolute atomic E-state index is 12.9. The third kappa shape index (κ3) is 2.55. The molecule has 0 spiro atoms. The highest BCUT2D eigenvalue weighted by Gasteiger charge is 2.05. The van der Waals surface area contributed by atoms with Crippen LogP contribution in [0.1, 0.15) is 11.1 Å². The molecule has 1 N–H and O–H groups in total. The van der Waals surface area contributed by atoms with E-state index in [-0.39, 0.29) is 11.6 Å². The summed E-state index contributed by atoms with van der Waals surface area (Å²) in [6, 6.07) is 14.4. The average molecular weight is 239 g/mol. The van der Waals surface area contributed by atoms with E-state index in [2.05, 4.69) is 0 Å². The third-order valence-corrected chi connectivity index (χ3v) is 2.54. The van der Waals surface area contributed by atoms with E-state index < -0.39 is 0 Å². The molecule has 0 amide bonds. The molecule has 2 nitrogen and oxygen atoms in total. The second kappa shape index (κ2) is 5.15. The van der Waals surface area contributed by atoms with Crippen LogP contribution in [0.25, 0.3) is 5.57 Å². The smallest absolute Gasteiger partial charge is 0.123 e. The first-order valence-corrected chi connectivity index (χ1v) is 5.36. The van der Waals surface area contributed by atoms with Crippen LogP contribution >= 0.6 is 0 Å². The summed E-state index contributed by atoms with van der Waals surface area (Å²) in [5.41, 5.74) is 2.24. The summed E-state index contributed by atoms with van der Waals surface area (Å²) in [7, 11) is 0. The molecule has 0 atom stereocenters. The number of phenolic OH excluding ortho intramolecular Hbond substituents is 1. The zero-order valence-corrected chi connectivity index (χ0v) is 9.47. The van der Waals surface area contributed by atoms with Crippen LogP contribution in [0.4, 0.5) is 4.39 Å². The molecule has 88 valence electrons. The first kappa shape index (κ1) is 11.9. The average Bonchev–Trinajstić information content (AvgIpc) is 2.39. The predicted octanol–water partition coefficient (Wildman–Crippen LogP) is 3.49. The first-order valence-electron chi connectivity index (χ1n) is 5.36. The molecule has 0 aliphatic carbocycles. The van der Waals surface area contributed by atoms with E-state index in [0.29, 0.717) is 5.57 Å². The molecule has 0 unspecified atom stereocenters. The molecule has 0 saturated carbocycles. The van der Waals surface area contributed by atoms with Crippen molar-refractivity contribution in [2.24, 2.45) is 0 Å². The molecule has 18 heavy (non-hydrogen) atoms. The zero-order valence-electron chi connectivity index (χ0n) is 9.47. The van der Waals surface area contributed by atoms with Gasteiger partial charge in [-0.05, 0) is 41.0 Å². The summed E-state index contributed by atoms with van der Waals surface area (Å²) in [5.74, 6) is -0.157. The minimum Gasteiger partial charge on any atom is -0.508 e. The first-order chi connectivity index (χ1) is 8.70. The number of hydrogen-bond donors (Lipinski definition) is 1. The molecule has 0 radical (unpaired) electrons. The van der Waals surface area contributed by atoms with E-state index in [4.69, 9.17) is 5.26 Å². The van der Waals surface area contributed by atoms with Gasteiger partial charge in [-0.1, -0.05) is 24.3 Å². The summed E-state index contributed by atoms with van der Waals surface area (Å²) in [6.07, 6.45) is 1.40. The van der Waals surface area contributed by atoms with Crippen molar-refractivity contribution in [1.29, 1.82) is 5.26 Å². The van der Waals surface area contributed by atoms with E-state index in [0.717, 1.165) is 11.1 Å². The van der Waals surface area contributed by atoms with Gasteiger partial charge in [0.05, 0.1) is 6.07 Å². The van der Waals surface area contributed by atoms with Crippen molar-refractivity contribution in [2.45, 2.75) is 0 Å². The number of rotatable bonds is 2. The largest absolute Gasteiger partial charge is 0.508 e. The second-order valence-electron chi connectivity index (χ2n) is 3.74. The van der Waals surface area contributed by atoms with Crippen LogP contribution < -0.4 is 0 Å². The van der Waals surface area contributed by atoms with Crippen molar-refractivity contribution in [1.82, 2.24) is 0 Å². The standard InChI is InChI=1S/C15H10FNO/c16-13-5-1-11(2-6-13)15(9-10-17)12-3-7-14(18)8-4-12/h1-9,18H/b15-9-. The van der Waals surface area contributed by atoms with Gasteiger partial charge in [-0.3, -0.25) is 0 Å². The molecule has 0 heterocycles. The van der Waals surface area contributed by atoms with Crippen molar-refractivity contribution < 1.29 is 9.50 Å². The lowest BCUT2D eigenvalue weighted by Gasteiger charge is -2.07. The summed E-state index contributed by atoms with van der Waals surface area (Å²) < 4.78 is 12.9. The zero-order chi connectivity index (χ0) is 13.0. The Hall–Kier alpha value is -2.60. The summed E-state index contributed by atoms with van der Waals surface area (Å²) in [5, 5.41) is 18.1. The molecule has 2 rings (SSSR count). The molecule has 0 saturated heterocycles. The SMILES string of the molecule is N#C/C=C(\c1ccc(O)cc1)c1ccc(F)cc1. The number of benzene rings is 2. The van der Waals surface area contributed by atoms with Gasteiger partial charge in [0.15, 0.2) is 0 Å². The van der Waals surface area contributed by atoms with E-state index in [1.165, 1.54) is 18.2 Å². The highest BCUT2D eigenvalue weighted by molar-refractivity contribution is 5.81. The minimum absolute atomic E-state index is 0.161. The number of allylic oxidation sites excluding steroid dienone is 1. The third-order valence-electron chi connectivity index (χ3n) is 2.54. The van der Waals surface area contributed by atoms with Crippen LogP contribution in [0, 0.1) is 17.1 Å². The Kier molecular flexibility index (Phi) is 3.40. The normalized spacial score (nSPS) is 11.0. The molecule has 2 aromatic carbocycles. The number of hydrogen-bond acceptors (Lipinski definition) is 2. The van der Waals surface area contributed by atoms with Gasteiger partial charge in [0.25, 0.3) is 0 Å². The molecule has 0 bridgehead atoms. The Balaban J connectivity index is 2.47. The summed E-state index contributed by atoms with van der Waals surface area (Å²) in [4.78, 5) is 0. The number of nitriles is 1. The summed E-state index contributed by atoms with van der Waals surface area (Å²) >= 11 is 0. The van der Waals surface area contributed by atoms with Gasteiger partial charge in [0.1, 0.15) is 11.6 Å². The number of halogens is 1. The van der Waals surface area contributed by atoms with Crippen LogP contribution in [0.15, 0.2) is 54.6 Å². The van der Waals surface area contributed by atoms with Crippen LogP contribution in [0.5, 0.6) is 5.75 Å². The van der Waals surface area contributed by atoms with Crippen LogP contribution in [-0.4, -0.2) is 5.11 Å². The van der Waals surface area contributed by atoms with Gasteiger partial charge >= 0.3 is 0 Å². The van der Waals surface area contributed by atoms with Crippen molar-refractivity contribution in [3.05, 3.63) is 71.6 Å². The quantitative estimate of drug-likeness (QED) is 0.815. The second-order valence-corrected chi connectivity index (χ2v) is 3.74. The van der Waals surface area contributed by atoms with Gasteiger partial charge in [0.2, 0.25) is 0 Å². The molecule has 0 fully saturated rings. The van der Waals surface area contributed by atoms with Gasteiger partial charge in [0, 0.05) is 6.08 Å². The van der Waals surface area contributed by atoms with E-state index in [1.807, 2.05) is 6.07 Å². The van der Waals surface area contributed by atoms with Gasteiger partial charge in [-0.2, -0.15) is 5.26 Å². The maximum atomic E-state index is 12.9. The molecule has 0 aromatic heterocycles. The van der Waals surface area contributed by atoms with Gasteiger partial charge in [-0.25, -0.2) is 4.39 Å². The Bertz CT molecular complexity index is 559. The van der Waals surface area contributed by atoms with Gasteiger partial charge < -0.3 is 5.11 Å². The molecular formula is C15H10FNO. The fraction of sp³-hybridized carbons (Fsp3) is 0. The monoisotopic (exact) mass is 239 g/mol. The highest BCUT2D eigenvalue weighted by Crippen LogP contribution is 2.24. The Morgan fingerprint density at radius 3 is 2.00 bits per heavy atom. The van der Waals surface area contributed by atoms with Crippen molar-refractivity contribution in [2.75, 3.05) is 0 Å². The number of nitrogens with zero attached hydrogens (tertiary/aromatic N) is 1. The van der Waals surface area contributed by atoms with E-state index in [1.54, 1.807) is 36.4 Å². The lowest BCUT2D eigenvalue weighted by molar-refractivity contribution is 0.475. The fourth-order valence-corrected chi connectivity index (χ4v) is 1.67. The number of aromatic hydroxyl groups is 1. The molecule has 0 aliphatic rings. The van der Waals surface area contributed by atoms with Crippen molar-refractivity contribution in [3.8, 4) is 11.8 Å². The van der Waals surface area contributed by atoms with E-state index in [9.17, 15) is 9.50 Å². The van der Waals surface area contributed by atoms with Crippen LogP contribution in [0.2, 0.25) is 0 Å². The van der Waals surface area contributed by atoms with Crippen LogP contribution in [0.3, 0.4) is 0 Å². The molecule has 0 aliphatic heterocycles. The van der Waals surface area contributed by atoms with Gasteiger partial charge in [-0.15, -0.1) is 0 Å². The van der Waals surface area contributed by atoms with Crippen molar-refractivity contribution >= 4 is 5.57 Å². The lowest BCUT2D eigenvalue weighted by Crippen LogP contribution is -1.88. The molecular weight excluding hydrogens is 229 g/mol. The molecule has 2 aromatic rings. The summed E-state index contributed by atoms with van der Waals surface area (Å²) in [6.45, 7) is 0. The lowest BCUT2D eigenvalue weighted by atomic mass is 9.98. The maximum Gasteiger partial charge on any atom is 0.123 e. The Morgan fingerprint density at radius 2 is 1.50 bits per heavy atom. The number of phenols is 1.